The zero-order chi connectivity index (χ0) is 30.5. The molecule has 4 fully saturated rings. The van der Waals surface area contributed by atoms with Crippen molar-refractivity contribution >= 4 is 22.5 Å². The molecule has 0 amide bonds. The summed E-state index contributed by atoms with van der Waals surface area (Å²) >= 11 is 0. The maximum Gasteiger partial charge on any atom is 0.328 e. The Morgan fingerprint density at radius 3 is 2.67 bits per heavy atom. The number of H-pyrrole nitrogens is 1. The van der Waals surface area contributed by atoms with E-state index in [4.69, 9.17) is 9.73 Å². The summed E-state index contributed by atoms with van der Waals surface area (Å²) in [4.78, 5) is 36.8. The van der Waals surface area contributed by atoms with Gasteiger partial charge in [0.1, 0.15) is 11.6 Å². The summed E-state index contributed by atoms with van der Waals surface area (Å²) in [7, 11) is 1.47. The molecule has 43 heavy (non-hydrogen) atoms. The third kappa shape index (κ3) is 5.57. The maximum atomic E-state index is 14.4. The van der Waals surface area contributed by atoms with Gasteiger partial charge in [-0.15, -0.1) is 0 Å². The molecule has 3 saturated carbocycles. The van der Waals surface area contributed by atoms with E-state index in [0.717, 1.165) is 42.3 Å². The van der Waals surface area contributed by atoms with Crippen molar-refractivity contribution in [2.75, 3.05) is 32.1 Å². The summed E-state index contributed by atoms with van der Waals surface area (Å²) in [6.45, 7) is 12.0. The number of guanidine groups is 1. The van der Waals surface area contributed by atoms with Gasteiger partial charge in [-0.3, -0.25) is 9.36 Å². The fourth-order valence-corrected chi connectivity index (χ4v) is 7.52. The molecule has 2 aromatic carbocycles. The van der Waals surface area contributed by atoms with E-state index in [1.807, 2.05) is 6.07 Å². The SMILES string of the molecule is COc1ccc(CCn2c(=O)[nH]c3cc(NC(=N[C@H]4C[C@H]5C[C@@H]([C@@H]4C)C5(C)C)N4CCN[C@@H](C)C4)ccc3c2=O)c(F)c1. The van der Waals surface area contributed by atoms with Gasteiger partial charge in [-0.2, -0.15) is 0 Å². The Balaban J connectivity index is 1.26. The summed E-state index contributed by atoms with van der Waals surface area (Å²) in [5.74, 6) is 2.74. The predicted molar refractivity (Wildman–Crippen MR) is 169 cm³/mol. The van der Waals surface area contributed by atoms with E-state index >= 15 is 0 Å². The second-order valence-corrected chi connectivity index (χ2v) is 13.3. The first kappa shape index (κ1) is 29.4. The van der Waals surface area contributed by atoms with Crippen LogP contribution >= 0.6 is 0 Å². The number of hydrogen-bond donors (Lipinski definition) is 3. The predicted octanol–water partition coefficient (Wildman–Crippen LogP) is 4.21. The van der Waals surface area contributed by atoms with Gasteiger partial charge in [0.2, 0.25) is 0 Å². The van der Waals surface area contributed by atoms with E-state index in [2.05, 4.69) is 48.2 Å². The van der Waals surface area contributed by atoms with Gasteiger partial charge in [-0.25, -0.2) is 14.2 Å². The Labute approximate surface area is 251 Å². The number of fused-ring (bicyclic) bond motifs is 3. The van der Waals surface area contributed by atoms with Crippen LogP contribution in [0.5, 0.6) is 5.75 Å². The monoisotopic (exact) mass is 590 g/mol. The largest absolute Gasteiger partial charge is 0.497 e. The van der Waals surface area contributed by atoms with E-state index < -0.39 is 17.1 Å². The lowest BCUT2D eigenvalue weighted by atomic mass is 9.45. The number of piperazine rings is 1. The molecule has 5 atom stereocenters. The van der Waals surface area contributed by atoms with Crippen LogP contribution in [-0.4, -0.2) is 59.2 Å². The Morgan fingerprint density at radius 2 is 1.98 bits per heavy atom. The summed E-state index contributed by atoms with van der Waals surface area (Å²) < 4.78 is 20.6. The fraction of sp³-hybridized carbons (Fsp3) is 0.545. The Morgan fingerprint density at radius 1 is 1.16 bits per heavy atom. The molecule has 0 radical (unpaired) electrons. The van der Waals surface area contributed by atoms with Crippen LogP contribution in [0.25, 0.3) is 10.9 Å². The molecule has 1 saturated heterocycles. The molecule has 1 aliphatic heterocycles. The number of benzene rings is 2. The molecule has 7 rings (SSSR count). The van der Waals surface area contributed by atoms with Crippen molar-refractivity contribution in [3.63, 3.8) is 0 Å². The minimum absolute atomic E-state index is 0.0592. The van der Waals surface area contributed by atoms with Gasteiger partial charge in [0, 0.05) is 44.0 Å². The van der Waals surface area contributed by atoms with Gasteiger partial charge in [-0.05, 0) is 79.2 Å². The fourth-order valence-electron chi connectivity index (χ4n) is 7.52. The van der Waals surface area contributed by atoms with Crippen molar-refractivity contribution in [1.29, 1.82) is 0 Å². The minimum atomic E-state index is -0.522. The number of rotatable bonds is 6. The lowest BCUT2D eigenvalue weighted by molar-refractivity contribution is -0.108. The first-order valence-corrected chi connectivity index (χ1v) is 15.5. The molecular formula is C33H43FN6O3. The van der Waals surface area contributed by atoms with Gasteiger partial charge in [0.15, 0.2) is 5.96 Å². The molecule has 3 N–H and O–H groups in total. The zero-order valence-corrected chi connectivity index (χ0v) is 25.7. The third-order valence-electron chi connectivity index (χ3n) is 10.4. The van der Waals surface area contributed by atoms with Gasteiger partial charge >= 0.3 is 5.69 Å². The number of anilines is 1. The summed E-state index contributed by atoms with van der Waals surface area (Å²) in [5.41, 5.74) is 1.10. The van der Waals surface area contributed by atoms with E-state index in [1.165, 1.54) is 19.6 Å². The number of aryl methyl sites for hydroxylation is 1. The number of halogens is 1. The van der Waals surface area contributed by atoms with E-state index in [1.54, 1.807) is 24.3 Å². The van der Waals surface area contributed by atoms with Crippen LogP contribution in [0, 0.1) is 29.0 Å². The first-order valence-electron chi connectivity index (χ1n) is 15.5. The average molecular weight is 591 g/mol. The molecule has 3 aliphatic carbocycles. The van der Waals surface area contributed by atoms with Crippen molar-refractivity contribution in [3.8, 4) is 5.75 Å². The number of aromatic nitrogens is 2. The molecule has 9 nitrogen and oxygen atoms in total. The van der Waals surface area contributed by atoms with Crippen molar-refractivity contribution in [2.24, 2.45) is 28.2 Å². The van der Waals surface area contributed by atoms with Gasteiger partial charge in [0.25, 0.3) is 5.56 Å². The number of ether oxygens (including phenoxy) is 1. The lowest BCUT2D eigenvalue weighted by Crippen LogP contribution is -2.57. The Bertz CT molecular complexity index is 1660. The van der Waals surface area contributed by atoms with Crippen LogP contribution in [0.1, 0.15) is 46.1 Å². The van der Waals surface area contributed by atoms with Crippen LogP contribution in [0.2, 0.25) is 0 Å². The van der Waals surface area contributed by atoms with Crippen LogP contribution < -0.4 is 26.6 Å². The molecule has 4 aliphatic rings. The van der Waals surface area contributed by atoms with Crippen LogP contribution in [0.4, 0.5) is 10.1 Å². The topological polar surface area (TPSA) is 104 Å². The highest BCUT2D eigenvalue weighted by atomic mass is 19.1. The number of aliphatic imine (C=N–C) groups is 1. The van der Waals surface area contributed by atoms with Gasteiger partial charge in [0.05, 0.1) is 24.1 Å². The van der Waals surface area contributed by atoms with Crippen molar-refractivity contribution < 1.29 is 9.13 Å². The van der Waals surface area contributed by atoms with Crippen LogP contribution in [0.3, 0.4) is 0 Å². The number of nitrogens with zero attached hydrogens (tertiary/aromatic N) is 3. The van der Waals surface area contributed by atoms with Crippen LogP contribution in [0.15, 0.2) is 51.0 Å². The van der Waals surface area contributed by atoms with Crippen LogP contribution in [-0.2, 0) is 13.0 Å². The minimum Gasteiger partial charge on any atom is -0.497 e. The van der Waals surface area contributed by atoms with Crippen molar-refractivity contribution in [1.82, 2.24) is 19.8 Å². The summed E-state index contributed by atoms with van der Waals surface area (Å²) in [6.07, 6.45) is 2.60. The number of hydrogen-bond acceptors (Lipinski definition) is 5. The van der Waals surface area contributed by atoms with Crippen molar-refractivity contribution in [2.45, 2.75) is 65.6 Å². The molecule has 10 heteroatoms. The van der Waals surface area contributed by atoms with Gasteiger partial charge < -0.3 is 25.3 Å². The van der Waals surface area contributed by atoms with E-state index in [9.17, 15) is 14.0 Å². The molecule has 0 spiro atoms. The smallest absolute Gasteiger partial charge is 0.328 e. The zero-order valence-electron chi connectivity index (χ0n) is 25.7. The summed E-state index contributed by atoms with van der Waals surface area (Å²) in [5, 5.41) is 7.47. The number of aromatic amines is 1. The highest BCUT2D eigenvalue weighted by molar-refractivity contribution is 5.96. The lowest BCUT2D eigenvalue weighted by Gasteiger charge is -2.61. The Kier molecular flexibility index (Phi) is 7.83. The highest BCUT2D eigenvalue weighted by Gasteiger charge is 2.56. The average Bonchev–Trinajstić information content (AvgIpc) is 2.97. The molecule has 3 aromatic rings. The number of methoxy groups -OCH3 is 1. The quantitative estimate of drug-likeness (QED) is 0.294. The molecule has 2 bridgehead atoms. The first-order chi connectivity index (χ1) is 20.5. The third-order valence-corrected chi connectivity index (χ3v) is 10.4. The summed E-state index contributed by atoms with van der Waals surface area (Å²) in [6, 6.07) is 10.6. The molecular weight excluding hydrogens is 547 g/mol. The standard InChI is InChI=1S/C33H43FN6O3/c1-19-18-39(13-11-35-19)31(37-28-15-22-14-26(20(28)2)33(22,3)4)36-23-7-9-25-29(16-23)38-32(42)40(30(25)41)12-10-21-6-8-24(43-5)17-27(21)34/h6-9,16-17,19-20,22,26,28,35H,10-15,18H2,1-5H3,(H,36,37)(H,38,42)/t19-,20-,22+,26-,28-/m0/s1. The van der Waals surface area contributed by atoms with Crippen molar-refractivity contribution in [3.05, 3.63) is 68.6 Å². The Hall–Kier alpha value is -3.66. The second-order valence-electron chi connectivity index (χ2n) is 13.3. The molecule has 230 valence electrons. The molecule has 1 aromatic heterocycles. The molecule has 0 unspecified atom stereocenters. The highest BCUT2D eigenvalue weighted by Crippen LogP contribution is 2.61. The van der Waals surface area contributed by atoms with Gasteiger partial charge in [-0.1, -0.05) is 26.8 Å². The number of nitrogens with one attached hydrogen (secondary N) is 3. The normalized spacial score (nSPS) is 26.7. The second kappa shape index (κ2) is 11.4. The van der Waals surface area contributed by atoms with E-state index in [-0.39, 0.29) is 19.0 Å². The van der Waals surface area contributed by atoms with E-state index in [0.29, 0.717) is 51.4 Å². The maximum absolute atomic E-state index is 14.4. The molecule has 2 heterocycles.